The van der Waals surface area contributed by atoms with Crippen LogP contribution in [0.25, 0.3) is 0 Å². The van der Waals surface area contributed by atoms with E-state index in [0.29, 0.717) is 12.4 Å². The number of benzene rings is 1. The zero-order chi connectivity index (χ0) is 21.3. The van der Waals surface area contributed by atoms with Crippen LogP contribution >= 0.6 is 11.6 Å². The molecule has 3 amide bonds. The lowest BCUT2D eigenvalue weighted by atomic mass is 10.2. The molecule has 0 aliphatic heterocycles. The van der Waals surface area contributed by atoms with E-state index in [1.54, 1.807) is 6.92 Å². The van der Waals surface area contributed by atoms with Crippen molar-refractivity contribution in [2.45, 2.75) is 40.2 Å². The Kier molecular flexibility index (Phi) is 9.58. The number of imide groups is 1. The molecule has 0 fully saturated rings. The summed E-state index contributed by atoms with van der Waals surface area (Å²) in [6.07, 6.45) is 0.718. The summed E-state index contributed by atoms with van der Waals surface area (Å²) in [5.41, 5.74) is 0.0932. The molecule has 0 saturated carbocycles. The number of hydrogen-bond donors (Lipinski definition) is 2. The molecule has 1 aromatic carbocycles. The van der Waals surface area contributed by atoms with E-state index in [4.69, 9.17) is 25.8 Å². The van der Waals surface area contributed by atoms with Gasteiger partial charge in [0, 0.05) is 6.04 Å². The fraction of sp³-hybridized carbons (Fsp3) is 0.526. The third-order valence-electron chi connectivity index (χ3n) is 3.60. The van der Waals surface area contributed by atoms with E-state index < -0.39 is 24.5 Å². The van der Waals surface area contributed by atoms with Gasteiger partial charge in [-0.2, -0.15) is 0 Å². The molecule has 28 heavy (non-hydrogen) atoms. The zero-order valence-electron chi connectivity index (χ0n) is 16.8. The highest BCUT2D eigenvalue weighted by atomic mass is 35.5. The maximum Gasteiger partial charge on any atom is 0.338 e. The molecule has 0 aromatic heterocycles. The molecule has 0 aliphatic carbocycles. The molecule has 0 spiro atoms. The summed E-state index contributed by atoms with van der Waals surface area (Å²) in [6, 6.07) is 2.06. The van der Waals surface area contributed by atoms with Gasteiger partial charge >= 0.3 is 12.0 Å². The molecule has 0 radical (unpaired) electrons. The molecule has 0 bridgehead atoms. The van der Waals surface area contributed by atoms with Gasteiger partial charge in [0.15, 0.2) is 18.1 Å². The number of halogens is 1. The number of urea groups is 1. The summed E-state index contributed by atoms with van der Waals surface area (Å²) in [4.78, 5) is 35.5. The lowest BCUT2D eigenvalue weighted by Crippen LogP contribution is -2.44. The van der Waals surface area contributed by atoms with Gasteiger partial charge in [-0.1, -0.05) is 32.4 Å². The largest absolute Gasteiger partial charge is 0.493 e. The predicted octanol–water partition coefficient (Wildman–Crippen LogP) is 3.16. The fourth-order valence-electron chi connectivity index (χ4n) is 1.97. The van der Waals surface area contributed by atoms with E-state index in [1.165, 1.54) is 19.2 Å². The molecule has 1 rings (SSSR count). The molecule has 9 heteroatoms. The van der Waals surface area contributed by atoms with Crippen LogP contribution in [0.5, 0.6) is 11.5 Å². The van der Waals surface area contributed by atoms with Gasteiger partial charge in [-0.3, -0.25) is 10.1 Å². The first-order chi connectivity index (χ1) is 13.2. The summed E-state index contributed by atoms with van der Waals surface area (Å²) in [6.45, 7) is 7.49. The molecule has 1 atom stereocenters. The fourth-order valence-corrected chi connectivity index (χ4v) is 2.23. The lowest BCUT2D eigenvalue weighted by molar-refractivity contribution is -0.123. The van der Waals surface area contributed by atoms with Crippen LogP contribution in [0.2, 0.25) is 5.02 Å². The van der Waals surface area contributed by atoms with Crippen molar-refractivity contribution in [2.24, 2.45) is 5.92 Å². The Morgan fingerprint density at radius 2 is 1.86 bits per heavy atom. The maximum absolute atomic E-state index is 12.2. The van der Waals surface area contributed by atoms with E-state index in [2.05, 4.69) is 10.6 Å². The Hall–Kier alpha value is -2.48. The quantitative estimate of drug-likeness (QED) is 0.601. The third-order valence-corrected chi connectivity index (χ3v) is 3.88. The normalized spacial score (nSPS) is 11.5. The zero-order valence-corrected chi connectivity index (χ0v) is 17.5. The minimum Gasteiger partial charge on any atom is -0.493 e. The van der Waals surface area contributed by atoms with Gasteiger partial charge in [0.25, 0.3) is 5.91 Å². The van der Waals surface area contributed by atoms with Crippen molar-refractivity contribution in [2.75, 3.05) is 20.3 Å². The van der Waals surface area contributed by atoms with Crippen molar-refractivity contribution < 1.29 is 28.6 Å². The van der Waals surface area contributed by atoms with Gasteiger partial charge in [-0.25, -0.2) is 9.59 Å². The first-order valence-electron chi connectivity index (χ1n) is 8.95. The number of amides is 3. The number of carbonyl (C=O) groups excluding carboxylic acids is 3. The lowest BCUT2D eigenvalue weighted by Gasteiger charge is -2.15. The molecule has 1 aromatic rings. The minimum atomic E-state index is -0.784. The van der Waals surface area contributed by atoms with E-state index >= 15 is 0 Å². The van der Waals surface area contributed by atoms with Crippen LogP contribution in [0.1, 0.15) is 44.5 Å². The molecule has 0 unspecified atom stereocenters. The SMILES string of the molecule is CC[C@H](C)NC(=O)NC(=O)COC(=O)c1cc(Cl)c(OCC(C)C)c(OC)c1. The Morgan fingerprint density at radius 3 is 2.43 bits per heavy atom. The molecule has 8 nitrogen and oxygen atoms in total. The van der Waals surface area contributed by atoms with Gasteiger partial charge in [-0.05, 0) is 31.4 Å². The first kappa shape index (κ1) is 23.6. The number of nitrogens with one attached hydrogen (secondary N) is 2. The number of esters is 1. The molecule has 2 N–H and O–H groups in total. The third kappa shape index (κ3) is 7.64. The van der Waals surface area contributed by atoms with Gasteiger partial charge in [-0.15, -0.1) is 0 Å². The van der Waals surface area contributed by atoms with E-state index in [0.717, 1.165) is 6.42 Å². The minimum absolute atomic E-state index is 0.0820. The molecule has 0 saturated heterocycles. The van der Waals surface area contributed by atoms with Crippen LogP contribution in [0.3, 0.4) is 0 Å². The Morgan fingerprint density at radius 1 is 1.18 bits per heavy atom. The molecule has 0 aliphatic rings. The average molecular weight is 415 g/mol. The van der Waals surface area contributed by atoms with Crippen molar-refractivity contribution in [3.8, 4) is 11.5 Å². The summed E-state index contributed by atoms with van der Waals surface area (Å²) < 4.78 is 15.8. The molecular formula is C19H27ClN2O6. The smallest absolute Gasteiger partial charge is 0.338 e. The van der Waals surface area contributed by atoms with Gasteiger partial charge < -0.3 is 19.5 Å². The monoisotopic (exact) mass is 414 g/mol. The Bertz CT molecular complexity index is 708. The predicted molar refractivity (Wildman–Crippen MR) is 105 cm³/mol. The first-order valence-corrected chi connectivity index (χ1v) is 9.33. The van der Waals surface area contributed by atoms with Crippen LogP contribution in [-0.4, -0.2) is 44.3 Å². The van der Waals surface area contributed by atoms with Crippen LogP contribution in [0, 0.1) is 5.92 Å². The number of carbonyl (C=O) groups is 3. The summed E-state index contributed by atoms with van der Waals surface area (Å²) in [5.74, 6) is -0.648. The number of methoxy groups -OCH3 is 1. The van der Waals surface area contributed by atoms with E-state index in [9.17, 15) is 14.4 Å². The van der Waals surface area contributed by atoms with Crippen LogP contribution in [0.4, 0.5) is 4.79 Å². The standard InChI is InChI=1S/C19H27ClN2O6/c1-6-12(4)21-19(25)22-16(23)10-28-18(24)13-7-14(20)17(15(8-13)26-5)27-9-11(2)3/h7-8,11-12H,6,9-10H2,1-5H3,(H2,21,22,23,25)/t12-/m0/s1. The highest BCUT2D eigenvalue weighted by molar-refractivity contribution is 6.32. The van der Waals surface area contributed by atoms with Crippen LogP contribution in [-0.2, 0) is 9.53 Å². The average Bonchev–Trinajstić information content (AvgIpc) is 2.63. The Labute approximate surface area is 169 Å². The topological polar surface area (TPSA) is 103 Å². The summed E-state index contributed by atoms with van der Waals surface area (Å²) >= 11 is 6.19. The highest BCUT2D eigenvalue weighted by Crippen LogP contribution is 2.36. The molecule has 0 heterocycles. The summed E-state index contributed by atoms with van der Waals surface area (Å²) in [7, 11) is 1.42. The highest BCUT2D eigenvalue weighted by Gasteiger charge is 2.19. The van der Waals surface area contributed by atoms with Crippen molar-refractivity contribution in [3.05, 3.63) is 22.7 Å². The number of hydrogen-bond acceptors (Lipinski definition) is 6. The maximum atomic E-state index is 12.2. The van der Waals surface area contributed by atoms with Gasteiger partial charge in [0.2, 0.25) is 0 Å². The number of rotatable bonds is 9. The van der Waals surface area contributed by atoms with E-state index in [1.807, 2.05) is 20.8 Å². The molecule has 156 valence electrons. The van der Waals surface area contributed by atoms with Crippen LogP contribution < -0.4 is 20.1 Å². The van der Waals surface area contributed by atoms with E-state index in [-0.39, 0.29) is 28.3 Å². The number of ether oxygens (including phenoxy) is 3. The van der Waals surface area contributed by atoms with Crippen LogP contribution in [0.15, 0.2) is 12.1 Å². The van der Waals surface area contributed by atoms with Crippen molar-refractivity contribution >= 4 is 29.5 Å². The second kappa shape index (κ2) is 11.4. The van der Waals surface area contributed by atoms with Gasteiger partial charge in [0.1, 0.15) is 0 Å². The van der Waals surface area contributed by atoms with Gasteiger partial charge in [0.05, 0.1) is 24.3 Å². The second-order valence-corrected chi connectivity index (χ2v) is 7.01. The summed E-state index contributed by atoms with van der Waals surface area (Å²) in [5, 5.41) is 4.84. The van der Waals surface area contributed by atoms with Crippen molar-refractivity contribution in [3.63, 3.8) is 0 Å². The molecular weight excluding hydrogens is 388 g/mol. The Balaban J connectivity index is 2.70. The van der Waals surface area contributed by atoms with Crippen molar-refractivity contribution in [1.82, 2.24) is 10.6 Å². The van der Waals surface area contributed by atoms with Crippen molar-refractivity contribution in [1.29, 1.82) is 0 Å². The second-order valence-electron chi connectivity index (χ2n) is 6.60.